The first kappa shape index (κ1) is 16.5. The van der Waals surface area contributed by atoms with Crippen LogP contribution in [-0.2, 0) is 6.54 Å². The van der Waals surface area contributed by atoms with Crippen LogP contribution in [-0.4, -0.2) is 44.7 Å². The number of hydrogen-bond donors (Lipinski definition) is 2. The fourth-order valence-corrected chi connectivity index (χ4v) is 3.43. The Morgan fingerprint density at radius 1 is 1.19 bits per heavy atom. The Bertz CT molecular complexity index is 878. The van der Waals surface area contributed by atoms with Gasteiger partial charge in [0.25, 0.3) is 0 Å². The Hall–Kier alpha value is -2.93. The van der Waals surface area contributed by atoms with Crippen molar-refractivity contribution in [3.63, 3.8) is 0 Å². The highest BCUT2D eigenvalue weighted by Crippen LogP contribution is 2.19. The molecule has 2 amide bonds. The standard InChI is InChI=1S/C19H22N6O/c26-19(23-16-8-9-18-21-14-22-25(18)13-16)20-11-17-7-4-10-24(17)12-15-5-2-1-3-6-15/h1-3,5-6,8-9,13-14,17H,4,7,10-12H2,(H2,20,23,26). The number of pyridine rings is 1. The monoisotopic (exact) mass is 350 g/mol. The SMILES string of the molecule is O=C(NCC1CCCN1Cc1ccccc1)Nc1ccc2ncnn2c1. The van der Waals surface area contributed by atoms with Gasteiger partial charge in [-0.15, -0.1) is 0 Å². The largest absolute Gasteiger partial charge is 0.336 e. The van der Waals surface area contributed by atoms with Crippen molar-refractivity contribution in [1.29, 1.82) is 0 Å². The summed E-state index contributed by atoms with van der Waals surface area (Å²) in [6.45, 7) is 2.65. The quantitative estimate of drug-likeness (QED) is 0.741. The summed E-state index contributed by atoms with van der Waals surface area (Å²) >= 11 is 0. The summed E-state index contributed by atoms with van der Waals surface area (Å²) in [5.74, 6) is 0. The number of rotatable bonds is 5. The van der Waals surface area contributed by atoms with E-state index in [9.17, 15) is 4.79 Å². The van der Waals surface area contributed by atoms with E-state index < -0.39 is 0 Å². The van der Waals surface area contributed by atoms with Crippen LogP contribution in [0.4, 0.5) is 10.5 Å². The molecular weight excluding hydrogens is 328 g/mol. The van der Waals surface area contributed by atoms with Gasteiger partial charge in [0.2, 0.25) is 0 Å². The number of aromatic nitrogens is 3. The van der Waals surface area contributed by atoms with Gasteiger partial charge in [0.1, 0.15) is 6.33 Å². The number of nitrogens with zero attached hydrogens (tertiary/aromatic N) is 4. The van der Waals surface area contributed by atoms with E-state index in [-0.39, 0.29) is 6.03 Å². The maximum atomic E-state index is 12.2. The van der Waals surface area contributed by atoms with Crippen LogP contribution in [0.3, 0.4) is 0 Å². The van der Waals surface area contributed by atoms with Gasteiger partial charge in [-0.3, -0.25) is 4.90 Å². The van der Waals surface area contributed by atoms with E-state index in [0.29, 0.717) is 18.3 Å². The van der Waals surface area contributed by atoms with Gasteiger partial charge in [-0.1, -0.05) is 30.3 Å². The Kier molecular flexibility index (Phi) is 4.79. The average molecular weight is 350 g/mol. The minimum absolute atomic E-state index is 0.198. The Morgan fingerprint density at radius 3 is 2.96 bits per heavy atom. The van der Waals surface area contributed by atoms with Crippen LogP contribution >= 0.6 is 0 Å². The second-order valence-corrected chi connectivity index (χ2v) is 6.57. The van der Waals surface area contributed by atoms with Gasteiger partial charge in [-0.05, 0) is 37.1 Å². The third-order valence-corrected chi connectivity index (χ3v) is 4.76. The molecule has 1 unspecified atom stereocenters. The first-order valence-electron chi connectivity index (χ1n) is 8.90. The summed E-state index contributed by atoms with van der Waals surface area (Å²) in [7, 11) is 0. The van der Waals surface area contributed by atoms with E-state index in [1.54, 1.807) is 10.7 Å². The normalized spacial score (nSPS) is 17.5. The summed E-state index contributed by atoms with van der Waals surface area (Å²) in [4.78, 5) is 18.8. The molecule has 1 atom stereocenters. The van der Waals surface area contributed by atoms with Gasteiger partial charge in [0, 0.05) is 19.1 Å². The lowest BCUT2D eigenvalue weighted by Crippen LogP contribution is -2.41. The minimum Gasteiger partial charge on any atom is -0.336 e. The van der Waals surface area contributed by atoms with Gasteiger partial charge in [-0.25, -0.2) is 14.3 Å². The van der Waals surface area contributed by atoms with Crippen molar-refractivity contribution in [3.8, 4) is 0 Å². The first-order valence-corrected chi connectivity index (χ1v) is 8.90. The van der Waals surface area contributed by atoms with Crippen molar-refractivity contribution in [2.75, 3.05) is 18.4 Å². The third-order valence-electron chi connectivity index (χ3n) is 4.76. The van der Waals surface area contributed by atoms with Crippen LogP contribution in [0.15, 0.2) is 55.0 Å². The number of amides is 2. The molecule has 1 fully saturated rings. The molecule has 0 aliphatic carbocycles. The number of benzene rings is 1. The smallest absolute Gasteiger partial charge is 0.319 e. The van der Waals surface area contributed by atoms with Crippen LogP contribution in [0.2, 0.25) is 0 Å². The number of anilines is 1. The van der Waals surface area contributed by atoms with Crippen LogP contribution in [0.1, 0.15) is 18.4 Å². The number of carbonyl (C=O) groups excluding carboxylic acids is 1. The molecule has 3 heterocycles. The summed E-state index contributed by atoms with van der Waals surface area (Å²) in [6.07, 6.45) is 5.52. The molecule has 26 heavy (non-hydrogen) atoms. The highest BCUT2D eigenvalue weighted by Gasteiger charge is 2.24. The molecule has 1 saturated heterocycles. The summed E-state index contributed by atoms with van der Waals surface area (Å²) in [6, 6.07) is 14.3. The molecule has 2 N–H and O–H groups in total. The van der Waals surface area contributed by atoms with E-state index >= 15 is 0 Å². The second-order valence-electron chi connectivity index (χ2n) is 6.57. The van der Waals surface area contributed by atoms with Crippen molar-refractivity contribution in [2.24, 2.45) is 0 Å². The molecule has 0 saturated carbocycles. The molecule has 4 rings (SSSR count). The number of fused-ring (bicyclic) bond motifs is 1. The topological polar surface area (TPSA) is 74.6 Å². The molecule has 3 aromatic rings. The summed E-state index contributed by atoms with van der Waals surface area (Å²) in [5.41, 5.74) is 2.75. The Balaban J connectivity index is 1.30. The fourth-order valence-electron chi connectivity index (χ4n) is 3.43. The van der Waals surface area contributed by atoms with Crippen LogP contribution < -0.4 is 10.6 Å². The van der Waals surface area contributed by atoms with Crippen molar-refractivity contribution in [1.82, 2.24) is 24.8 Å². The molecule has 7 nitrogen and oxygen atoms in total. The maximum Gasteiger partial charge on any atom is 0.319 e. The van der Waals surface area contributed by atoms with Crippen molar-refractivity contribution < 1.29 is 4.79 Å². The molecule has 1 aromatic carbocycles. The van der Waals surface area contributed by atoms with Crippen LogP contribution in [0.25, 0.3) is 5.65 Å². The average Bonchev–Trinajstić information content (AvgIpc) is 3.29. The highest BCUT2D eigenvalue weighted by atomic mass is 16.2. The zero-order valence-electron chi connectivity index (χ0n) is 14.5. The van der Waals surface area contributed by atoms with Gasteiger partial charge >= 0.3 is 6.03 Å². The van der Waals surface area contributed by atoms with Gasteiger partial charge in [0.15, 0.2) is 5.65 Å². The lowest BCUT2D eigenvalue weighted by molar-refractivity contribution is 0.228. The van der Waals surface area contributed by atoms with Crippen molar-refractivity contribution in [3.05, 3.63) is 60.6 Å². The lowest BCUT2D eigenvalue weighted by Gasteiger charge is -2.24. The molecule has 0 bridgehead atoms. The number of likely N-dealkylation sites (tertiary alicyclic amines) is 1. The number of urea groups is 1. The Morgan fingerprint density at radius 2 is 2.08 bits per heavy atom. The van der Waals surface area contributed by atoms with Crippen molar-refractivity contribution >= 4 is 17.4 Å². The fraction of sp³-hybridized carbons (Fsp3) is 0.316. The zero-order valence-corrected chi connectivity index (χ0v) is 14.5. The first-order chi connectivity index (χ1) is 12.8. The molecule has 1 aliphatic rings. The van der Waals surface area contributed by atoms with E-state index in [0.717, 1.165) is 25.2 Å². The zero-order chi connectivity index (χ0) is 17.8. The molecular formula is C19H22N6O. The van der Waals surface area contributed by atoms with Gasteiger partial charge in [0.05, 0.1) is 11.9 Å². The molecule has 0 spiro atoms. The van der Waals surface area contributed by atoms with E-state index in [1.165, 1.54) is 18.3 Å². The number of nitrogens with one attached hydrogen (secondary N) is 2. The predicted octanol–water partition coefficient (Wildman–Crippen LogP) is 2.52. The minimum atomic E-state index is -0.198. The second kappa shape index (κ2) is 7.53. The van der Waals surface area contributed by atoms with Crippen molar-refractivity contribution in [2.45, 2.75) is 25.4 Å². The lowest BCUT2D eigenvalue weighted by atomic mass is 10.2. The molecule has 7 heteroatoms. The predicted molar refractivity (Wildman–Crippen MR) is 99.9 cm³/mol. The van der Waals surface area contributed by atoms with Crippen LogP contribution in [0, 0.1) is 0 Å². The van der Waals surface area contributed by atoms with E-state index in [2.05, 4.69) is 49.9 Å². The van der Waals surface area contributed by atoms with E-state index in [1.807, 2.05) is 18.2 Å². The van der Waals surface area contributed by atoms with Crippen LogP contribution in [0.5, 0.6) is 0 Å². The van der Waals surface area contributed by atoms with Gasteiger partial charge in [-0.2, -0.15) is 5.10 Å². The number of carbonyl (C=O) groups is 1. The molecule has 2 aromatic heterocycles. The summed E-state index contributed by atoms with van der Waals surface area (Å²) < 4.78 is 1.63. The third kappa shape index (κ3) is 3.83. The molecule has 0 radical (unpaired) electrons. The Labute approximate surface area is 152 Å². The number of hydrogen-bond acceptors (Lipinski definition) is 4. The highest BCUT2D eigenvalue weighted by molar-refractivity contribution is 5.89. The maximum absolute atomic E-state index is 12.2. The van der Waals surface area contributed by atoms with E-state index in [4.69, 9.17) is 0 Å². The summed E-state index contributed by atoms with van der Waals surface area (Å²) in [5, 5.41) is 9.92. The molecule has 134 valence electrons. The molecule has 1 aliphatic heterocycles. The van der Waals surface area contributed by atoms with Gasteiger partial charge < -0.3 is 10.6 Å².